The zero-order valence-electron chi connectivity index (χ0n) is 11.8. The number of morpholine rings is 1. The van der Waals surface area contributed by atoms with Gasteiger partial charge >= 0.3 is 0 Å². The SMILES string of the molecule is CC(CC1COCCN1)Nc1ccc2ncccc2c1. The van der Waals surface area contributed by atoms with Crippen LogP contribution in [0.5, 0.6) is 0 Å². The molecule has 2 unspecified atom stereocenters. The smallest absolute Gasteiger partial charge is 0.0703 e. The van der Waals surface area contributed by atoms with Crippen molar-refractivity contribution in [3.05, 3.63) is 36.5 Å². The molecule has 1 fully saturated rings. The number of rotatable bonds is 4. The minimum Gasteiger partial charge on any atom is -0.383 e. The molecule has 1 aliphatic rings. The highest BCUT2D eigenvalue weighted by Gasteiger charge is 2.16. The average molecular weight is 271 g/mol. The third-order valence-corrected chi connectivity index (χ3v) is 3.65. The Hall–Kier alpha value is -1.65. The van der Waals surface area contributed by atoms with Crippen LogP contribution in [0, 0.1) is 0 Å². The van der Waals surface area contributed by atoms with Gasteiger partial charge < -0.3 is 15.4 Å². The predicted molar refractivity (Wildman–Crippen MR) is 82.1 cm³/mol. The molecule has 0 saturated carbocycles. The largest absolute Gasteiger partial charge is 0.383 e. The molecule has 0 bridgehead atoms. The fourth-order valence-corrected chi connectivity index (χ4v) is 2.71. The molecule has 3 rings (SSSR count). The molecule has 2 heterocycles. The minimum atomic E-state index is 0.406. The van der Waals surface area contributed by atoms with Crippen molar-refractivity contribution >= 4 is 16.6 Å². The van der Waals surface area contributed by atoms with E-state index < -0.39 is 0 Å². The normalized spacial score (nSPS) is 20.8. The van der Waals surface area contributed by atoms with Crippen LogP contribution in [0.3, 0.4) is 0 Å². The standard InChI is InChI=1S/C16H21N3O/c1-12(9-15-11-20-8-7-17-15)19-14-4-5-16-13(10-14)3-2-6-18-16/h2-6,10,12,15,17,19H,7-9,11H2,1H3. The molecular weight excluding hydrogens is 250 g/mol. The first kappa shape index (κ1) is 13.3. The van der Waals surface area contributed by atoms with Crippen LogP contribution in [0.1, 0.15) is 13.3 Å². The molecule has 1 saturated heterocycles. The molecule has 2 aromatic rings. The third-order valence-electron chi connectivity index (χ3n) is 3.65. The van der Waals surface area contributed by atoms with Crippen molar-refractivity contribution in [1.29, 1.82) is 0 Å². The second kappa shape index (κ2) is 6.20. The lowest BCUT2D eigenvalue weighted by Crippen LogP contribution is -2.43. The van der Waals surface area contributed by atoms with E-state index in [9.17, 15) is 0 Å². The van der Waals surface area contributed by atoms with Crippen molar-refractivity contribution in [3.63, 3.8) is 0 Å². The fraction of sp³-hybridized carbons (Fsp3) is 0.438. The van der Waals surface area contributed by atoms with Crippen LogP contribution in [0.15, 0.2) is 36.5 Å². The second-order valence-electron chi connectivity index (χ2n) is 5.42. The van der Waals surface area contributed by atoms with Crippen molar-refractivity contribution in [2.75, 3.05) is 25.1 Å². The maximum atomic E-state index is 5.49. The first-order valence-corrected chi connectivity index (χ1v) is 7.24. The van der Waals surface area contributed by atoms with Crippen LogP contribution in [-0.2, 0) is 4.74 Å². The van der Waals surface area contributed by atoms with Gasteiger partial charge in [0.1, 0.15) is 0 Å². The Kier molecular flexibility index (Phi) is 4.14. The molecule has 1 aromatic carbocycles. The zero-order valence-corrected chi connectivity index (χ0v) is 11.8. The van der Waals surface area contributed by atoms with Crippen LogP contribution in [-0.4, -0.2) is 36.8 Å². The van der Waals surface area contributed by atoms with Gasteiger partial charge in [-0.15, -0.1) is 0 Å². The fourth-order valence-electron chi connectivity index (χ4n) is 2.71. The van der Waals surface area contributed by atoms with Gasteiger partial charge in [0, 0.05) is 35.9 Å². The van der Waals surface area contributed by atoms with E-state index in [4.69, 9.17) is 4.74 Å². The first-order valence-electron chi connectivity index (χ1n) is 7.24. The predicted octanol–water partition coefficient (Wildman–Crippen LogP) is 2.41. The lowest BCUT2D eigenvalue weighted by Gasteiger charge is -2.27. The lowest BCUT2D eigenvalue weighted by atomic mass is 10.1. The summed E-state index contributed by atoms with van der Waals surface area (Å²) >= 11 is 0. The van der Waals surface area contributed by atoms with Gasteiger partial charge in [-0.25, -0.2) is 0 Å². The van der Waals surface area contributed by atoms with E-state index in [0.29, 0.717) is 12.1 Å². The van der Waals surface area contributed by atoms with E-state index in [1.54, 1.807) is 0 Å². The number of aromatic nitrogens is 1. The number of fused-ring (bicyclic) bond motifs is 1. The Balaban J connectivity index is 1.62. The summed E-state index contributed by atoms with van der Waals surface area (Å²) in [5.41, 5.74) is 2.18. The summed E-state index contributed by atoms with van der Waals surface area (Å²) in [6.45, 7) is 4.81. The number of hydrogen-bond acceptors (Lipinski definition) is 4. The molecule has 4 heteroatoms. The number of nitrogens with one attached hydrogen (secondary N) is 2. The highest BCUT2D eigenvalue weighted by molar-refractivity contribution is 5.82. The van der Waals surface area contributed by atoms with Gasteiger partial charge in [0.15, 0.2) is 0 Å². The zero-order chi connectivity index (χ0) is 13.8. The van der Waals surface area contributed by atoms with E-state index in [-0.39, 0.29) is 0 Å². The Labute approximate surface area is 119 Å². The van der Waals surface area contributed by atoms with Crippen molar-refractivity contribution in [1.82, 2.24) is 10.3 Å². The molecule has 0 spiro atoms. The van der Waals surface area contributed by atoms with Crippen LogP contribution in [0.2, 0.25) is 0 Å². The van der Waals surface area contributed by atoms with Gasteiger partial charge in [-0.3, -0.25) is 4.98 Å². The summed E-state index contributed by atoms with van der Waals surface area (Å²) < 4.78 is 5.49. The number of anilines is 1. The summed E-state index contributed by atoms with van der Waals surface area (Å²) in [7, 11) is 0. The summed E-state index contributed by atoms with van der Waals surface area (Å²) in [6.07, 6.45) is 2.89. The van der Waals surface area contributed by atoms with Gasteiger partial charge in [0.05, 0.1) is 18.7 Å². The summed E-state index contributed by atoms with van der Waals surface area (Å²) in [6, 6.07) is 11.2. The monoisotopic (exact) mass is 271 g/mol. The van der Waals surface area contributed by atoms with Gasteiger partial charge in [-0.1, -0.05) is 6.07 Å². The van der Waals surface area contributed by atoms with Crippen molar-refractivity contribution < 1.29 is 4.74 Å². The van der Waals surface area contributed by atoms with Crippen LogP contribution in [0.25, 0.3) is 10.9 Å². The Morgan fingerprint density at radius 2 is 2.40 bits per heavy atom. The Morgan fingerprint density at radius 1 is 1.45 bits per heavy atom. The Morgan fingerprint density at radius 3 is 3.25 bits per heavy atom. The number of benzene rings is 1. The summed E-state index contributed by atoms with van der Waals surface area (Å²) in [4.78, 5) is 4.34. The van der Waals surface area contributed by atoms with Crippen LogP contribution >= 0.6 is 0 Å². The first-order chi connectivity index (χ1) is 9.81. The molecule has 0 radical (unpaired) electrons. The topological polar surface area (TPSA) is 46.2 Å². The molecule has 2 atom stereocenters. The molecule has 1 aromatic heterocycles. The molecule has 2 N–H and O–H groups in total. The van der Waals surface area contributed by atoms with E-state index in [0.717, 1.165) is 37.4 Å². The summed E-state index contributed by atoms with van der Waals surface area (Å²) in [5, 5.41) is 8.22. The van der Waals surface area contributed by atoms with Crippen LogP contribution < -0.4 is 10.6 Å². The Bertz CT molecular complexity index is 566. The van der Waals surface area contributed by atoms with Crippen molar-refractivity contribution in [3.8, 4) is 0 Å². The lowest BCUT2D eigenvalue weighted by molar-refractivity contribution is 0.0731. The van der Waals surface area contributed by atoms with E-state index in [2.05, 4.69) is 46.8 Å². The maximum Gasteiger partial charge on any atom is 0.0703 e. The molecule has 20 heavy (non-hydrogen) atoms. The van der Waals surface area contributed by atoms with Crippen molar-refractivity contribution in [2.45, 2.75) is 25.4 Å². The van der Waals surface area contributed by atoms with E-state index in [1.165, 1.54) is 5.39 Å². The maximum absolute atomic E-state index is 5.49. The molecule has 0 amide bonds. The van der Waals surface area contributed by atoms with Gasteiger partial charge in [0.25, 0.3) is 0 Å². The molecular formula is C16H21N3O. The highest BCUT2D eigenvalue weighted by atomic mass is 16.5. The van der Waals surface area contributed by atoms with Crippen LogP contribution in [0.4, 0.5) is 5.69 Å². The highest BCUT2D eigenvalue weighted by Crippen LogP contribution is 2.18. The molecule has 106 valence electrons. The summed E-state index contributed by atoms with van der Waals surface area (Å²) in [5.74, 6) is 0. The van der Waals surface area contributed by atoms with Gasteiger partial charge in [-0.2, -0.15) is 0 Å². The number of hydrogen-bond donors (Lipinski definition) is 2. The molecule has 4 nitrogen and oxygen atoms in total. The number of nitrogens with zero attached hydrogens (tertiary/aromatic N) is 1. The molecule has 1 aliphatic heterocycles. The van der Waals surface area contributed by atoms with E-state index in [1.807, 2.05) is 12.3 Å². The number of ether oxygens (including phenoxy) is 1. The minimum absolute atomic E-state index is 0.406. The van der Waals surface area contributed by atoms with Crippen molar-refractivity contribution in [2.24, 2.45) is 0 Å². The number of pyridine rings is 1. The van der Waals surface area contributed by atoms with E-state index >= 15 is 0 Å². The average Bonchev–Trinajstić information content (AvgIpc) is 2.48. The quantitative estimate of drug-likeness (QED) is 0.896. The van der Waals surface area contributed by atoms with Gasteiger partial charge in [-0.05, 0) is 37.6 Å². The van der Waals surface area contributed by atoms with Gasteiger partial charge in [0.2, 0.25) is 0 Å². The third kappa shape index (κ3) is 3.26. The second-order valence-corrected chi connectivity index (χ2v) is 5.42. The molecule has 0 aliphatic carbocycles.